The Morgan fingerprint density at radius 1 is 1.04 bits per heavy atom. The van der Waals surface area contributed by atoms with E-state index in [2.05, 4.69) is 0 Å². The average Bonchev–Trinajstić information content (AvgIpc) is 2.95. The SMILES string of the molecule is Cc1cc(C(=O)COc2ccc(C(N)=O)cc2)c(C)n1-c1ccc(Cl)cc1. The highest BCUT2D eigenvalue weighted by atomic mass is 35.5. The van der Waals surface area contributed by atoms with Crippen LogP contribution in [-0.4, -0.2) is 22.9 Å². The van der Waals surface area contributed by atoms with Crippen LogP contribution in [0.5, 0.6) is 5.75 Å². The van der Waals surface area contributed by atoms with Crippen molar-refractivity contribution >= 4 is 23.3 Å². The lowest BCUT2D eigenvalue weighted by Gasteiger charge is -2.10. The van der Waals surface area contributed by atoms with Gasteiger partial charge in [0.15, 0.2) is 6.61 Å². The summed E-state index contributed by atoms with van der Waals surface area (Å²) in [6, 6.07) is 15.7. The molecule has 0 fully saturated rings. The number of aryl methyl sites for hydroxylation is 1. The summed E-state index contributed by atoms with van der Waals surface area (Å²) in [4.78, 5) is 23.7. The lowest BCUT2D eigenvalue weighted by atomic mass is 10.1. The second kappa shape index (κ2) is 7.68. The summed E-state index contributed by atoms with van der Waals surface area (Å²) >= 11 is 5.96. The average molecular weight is 383 g/mol. The lowest BCUT2D eigenvalue weighted by molar-refractivity contribution is 0.0919. The van der Waals surface area contributed by atoms with Gasteiger partial charge < -0.3 is 15.0 Å². The Hall–Kier alpha value is -3.05. The van der Waals surface area contributed by atoms with Crippen molar-refractivity contribution in [1.82, 2.24) is 4.57 Å². The maximum Gasteiger partial charge on any atom is 0.248 e. The summed E-state index contributed by atoms with van der Waals surface area (Å²) in [7, 11) is 0. The Labute approximate surface area is 162 Å². The molecule has 1 aromatic heterocycles. The second-order valence-electron chi connectivity index (χ2n) is 6.20. The lowest BCUT2D eigenvalue weighted by Crippen LogP contribution is -2.13. The van der Waals surface area contributed by atoms with Crippen molar-refractivity contribution in [1.29, 1.82) is 0 Å². The smallest absolute Gasteiger partial charge is 0.248 e. The Morgan fingerprint density at radius 2 is 1.67 bits per heavy atom. The molecule has 0 unspecified atom stereocenters. The van der Waals surface area contributed by atoms with E-state index in [-0.39, 0.29) is 12.4 Å². The third-order valence-corrected chi connectivity index (χ3v) is 4.58. The predicted octanol–water partition coefficient (Wildman–Crippen LogP) is 4.11. The number of benzene rings is 2. The molecule has 0 bridgehead atoms. The highest BCUT2D eigenvalue weighted by Gasteiger charge is 2.17. The summed E-state index contributed by atoms with van der Waals surface area (Å²) in [6.07, 6.45) is 0. The number of ketones is 1. The zero-order chi connectivity index (χ0) is 19.6. The van der Waals surface area contributed by atoms with Crippen molar-refractivity contribution < 1.29 is 14.3 Å². The van der Waals surface area contributed by atoms with Crippen molar-refractivity contribution in [3.05, 3.63) is 82.1 Å². The van der Waals surface area contributed by atoms with E-state index in [9.17, 15) is 9.59 Å². The number of hydrogen-bond donors (Lipinski definition) is 1. The van der Waals surface area contributed by atoms with Gasteiger partial charge in [-0.25, -0.2) is 0 Å². The molecule has 1 heterocycles. The fraction of sp³-hybridized carbons (Fsp3) is 0.143. The fourth-order valence-corrected chi connectivity index (χ4v) is 3.10. The van der Waals surface area contributed by atoms with Crippen LogP contribution >= 0.6 is 11.6 Å². The van der Waals surface area contributed by atoms with Crippen LogP contribution in [0, 0.1) is 13.8 Å². The summed E-state index contributed by atoms with van der Waals surface area (Å²) in [5, 5.41) is 0.660. The van der Waals surface area contributed by atoms with Crippen LogP contribution in [-0.2, 0) is 0 Å². The van der Waals surface area contributed by atoms with Gasteiger partial charge in [0.1, 0.15) is 5.75 Å². The summed E-state index contributed by atoms with van der Waals surface area (Å²) in [5.41, 5.74) is 8.93. The number of carbonyl (C=O) groups is 2. The van der Waals surface area contributed by atoms with Gasteiger partial charge in [0, 0.05) is 33.2 Å². The van der Waals surface area contributed by atoms with Crippen LogP contribution in [0.3, 0.4) is 0 Å². The molecule has 0 saturated heterocycles. The molecule has 3 aromatic rings. The number of ether oxygens (including phenoxy) is 1. The fourth-order valence-electron chi connectivity index (χ4n) is 2.97. The first-order chi connectivity index (χ1) is 12.9. The molecule has 0 aliphatic rings. The van der Waals surface area contributed by atoms with Gasteiger partial charge in [-0.1, -0.05) is 11.6 Å². The molecule has 0 radical (unpaired) electrons. The minimum Gasteiger partial charge on any atom is -0.485 e. The molecule has 5 nitrogen and oxygen atoms in total. The molecular weight excluding hydrogens is 364 g/mol. The first-order valence-corrected chi connectivity index (χ1v) is 8.75. The van der Waals surface area contributed by atoms with E-state index in [0.717, 1.165) is 17.1 Å². The molecule has 6 heteroatoms. The largest absolute Gasteiger partial charge is 0.485 e. The number of halogens is 1. The summed E-state index contributed by atoms with van der Waals surface area (Å²) in [6.45, 7) is 3.75. The van der Waals surface area contributed by atoms with Gasteiger partial charge in [-0.15, -0.1) is 0 Å². The van der Waals surface area contributed by atoms with Crippen molar-refractivity contribution in [3.8, 4) is 11.4 Å². The van der Waals surface area contributed by atoms with Gasteiger partial charge in [0.25, 0.3) is 0 Å². The first-order valence-electron chi connectivity index (χ1n) is 8.37. The topological polar surface area (TPSA) is 74.3 Å². The van der Waals surface area contributed by atoms with Gasteiger partial charge in [0.2, 0.25) is 11.7 Å². The van der Waals surface area contributed by atoms with Crippen LogP contribution in [0.25, 0.3) is 5.69 Å². The van der Waals surface area contributed by atoms with E-state index >= 15 is 0 Å². The van der Waals surface area contributed by atoms with Crippen molar-refractivity contribution in [2.24, 2.45) is 5.73 Å². The molecule has 0 aliphatic heterocycles. The monoisotopic (exact) mass is 382 g/mol. The Morgan fingerprint density at radius 3 is 2.26 bits per heavy atom. The van der Waals surface area contributed by atoms with Crippen LogP contribution in [0.15, 0.2) is 54.6 Å². The highest BCUT2D eigenvalue weighted by molar-refractivity contribution is 6.30. The maximum absolute atomic E-state index is 12.6. The van der Waals surface area contributed by atoms with Gasteiger partial charge >= 0.3 is 0 Å². The number of aromatic nitrogens is 1. The molecule has 3 rings (SSSR count). The molecule has 2 N–H and O–H groups in total. The number of hydrogen-bond acceptors (Lipinski definition) is 3. The number of nitrogens with two attached hydrogens (primary N) is 1. The van der Waals surface area contributed by atoms with Gasteiger partial charge in [0.05, 0.1) is 0 Å². The molecule has 138 valence electrons. The summed E-state index contributed by atoms with van der Waals surface area (Å²) < 4.78 is 7.56. The predicted molar refractivity (Wildman–Crippen MR) is 105 cm³/mol. The molecule has 0 spiro atoms. The molecule has 27 heavy (non-hydrogen) atoms. The minimum absolute atomic E-state index is 0.0964. The van der Waals surface area contributed by atoms with E-state index in [0.29, 0.717) is 21.9 Å². The van der Waals surface area contributed by atoms with E-state index in [1.807, 2.05) is 48.7 Å². The van der Waals surface area contributed by atoms with Crippen molar-refractivity contribution in [2.45, 2.75) is 13.8 Å². The first kappa shape index (κ1) is 18.7. The third kappa shape index (κ3) is 4.04. The minimum atomic E-state index is -0.507. The van der Waals surface area contributed by atoms with Crippen LogP contribution < -0.4 is 10.5 Å². The van der Waals surface area contributed by atoms with E-state index in [4.69, 9.17) is 22.1 Å². The third-order valence-electron chi connectivity index (χ3n) is 4.33. The Kier molecular flexibility index (Phi) is 5.33. The second-order valence-corrected chi connectivity index (χ2v) is 6.63. The maximum atomic E-state index is 12.6. The van der Waals surface area contributed by atoms with E-state index in [1.54, 1.807) is 24.3 Å². The number of nitrogens with zero attached hydrogens (tertiary/aromatic N) is 1. The number of primary amides is 1. The normalized spacial score (nSPS) is 10.6. The van der Waals surface area contributed by atoms with Crippen LogP contribution in [0.4, 0.5) is 0 Å². The number of carbonyl (C=O) groups excluding carboxylic acids is 2. The van der Waals surface area contributed by atoms with Gasteiger partial charge in [-0.05, 0) is 68.4 Å². The molecule has 0 atom stereocenters. The zero-order valence-corrected chi connectivity index (χ0v) is 15.8. The van der Waals surface area contributed by atoms with Crippen LogP contribution in [0.1, 0.15) is 32.1 Å². The molecule has 1 amide bonds. The number of rotatable bonds is 6. The highest BCUT2D eigenvalue weighted by Crippen LogP contribution is 2.23. The molecule has 0 aliphatic carbocycles. The number of amides is 1. The van der Waals surface area contributed by atoms with Crippen molar-refractivity contribution in [3.63, 3.8) is 0 Å². The van der Waals surface area contributed by atoms with Crippen molar-refractivity contribution in [2.75, 3.05) is 6.61 Å². The standard InChI is InChI=1S/C21H19ClN2O3/c1-13-11-19(14(2)24(13)17-7-5-16(22)6-8-17)20(25)12-27-18-9-3-15(4-10-18)21(23)26/h3-11H,12H2,1-2H3,(H2,23,26). The zero-order valence-electron chi connectivity index (χ0n) is 15.0. The summed E-state index contributed by atoms with van der Waals surface area (Å²) in [5.74, 6) is -0.130. The van der Waals surface area contributed by atoms with E-state index < -0.39 is 5.91 Å². The molecule has 0 saturated carbocycles. The number of Topliss-reactive ketones (excluding diaryl/α,β-unsaturated/α-hetero) is 1. The Balaban J connectivity index is 1.76. The van der Waals surface area contributed by atoms with Gasteiger partial charge in [-0.2, -0.15) is 0 Å². The molecule has 2 aromatic carbocycles. The quantitative estimate of drug-likeness (QED) is 0.652. The van der Waals surface area contributed by atoms with Crippen LogP contribution in [0.2, 0.25) is 5.02 Å². The van der Waals surface area contributed by atoms with Gasteiger partial charge in [-0.3, -0.25) is 9.59 Å². The van der Waals surface area contributed by atoms with E-state index in [1.165, 1.54) is 0 Å². The molecular formula is C21H19ClN2O3. The Bertz CT molecular complexity index is 990.